The molecule has 2 aromatic rings. The van der Waals surface area contributed by atoms with Crippen LogP contribution in [0, 0.1) is 5.92 Å². The Morgan fingerprint density at radius 2 is 1.84 bits per heavy atom. The predicted molar refractivity (Wildman–Crippen MR) is 124 cm³/mol. The standard InChI is InChI=1S/C26H36N2O3/c1-3-5-15-28(20-21-9-7-6-8-10-21)26(30)23-13-16-27(17-14-23)19-22-11-12-24(29)25(18-22)31-4-2/h6-12,18,23,29H,3-5,13-17,19-20H2,1-2H3. The lowest BCUT2D eigenvalue weighted by atomic mass is 9.94. The second-order valence-electron chi connectivity index (χ2n) is 8.38. The average Bonchev–Trinajstić information content (AvgIpc) is 2.80. The van der Waals surface area contributed by atoms with Gasteiger partial charge in [0, 0.05) is 25.6 Å². The Bertz CT molecular complexity index is 817. The van der Waals surface area contributed by atoms with E-state index in [1.54, 1.807) is 6.07 Å². The first-order chi connectivity index (χ1) is 15.1. The molecular weight excluding hydrogens is 388 g/mol. The molecule has 0 aliphatic carbocycles. The number of likely N-dealkylation sites (tertiary alicyclic amines) is 1. The Kier molecular flexibility index (Phi) is 8.77. The minimum absolute atomic E-state index is 0.107. The number of piperidine rings is 1. The van der Waals surface area contributed by atoms with Gasteiger partial charge in [-0.2, -0.15) is 0 Å². The lowest BCUT2D eigenvalue weighted by Gasteiger charge is -2.34. The fraction of sp³-hybridized carbons (Fsp3) is 0.500. The van der Waals surface area contributed by atoms with Crippen LogP contribution >= 0.6 is 0 Å². The van der Waals surface area contributed by atoms with Crippen LogP contribution in [-0.2, 0) is 17.9 Å². The van der Waals surface area contributed by atoms with Crippen LogP contribution in [0.4, 0.5) is 0 Å². The van der Waals surface area contributed by atoms with Crippen molar-refractivity contribution in [2.24, 2.45) is 5.92 Å². The number of aromatic hydroxyl groups is 1. The molecule has 1 aliphatic heterocycles. The number of phenols is 1. The minimum Gasteiger partial charge on any atom is -0.504 e. The SMILES string of the molecule is CCCCN(Cc1ccccc1)C(=O)C1CCN(Cc2ccc(O)c(OCC)c2)CC1. The Balaban J connectivity index is 1.55. The maximum Gasteiger partial charge on any atom is 0.226 e. The van der Waals surface area contributed by atoms with Crippen LogP contribution in [0.2, 0.25) is 0 Å². The summed E-state index contributed by atoms with van der Waals surface area (Å²) in [5, 5.41) is 9.91. The van der Waals surface area contributed by atoms with Gasteiger partial charge in [-0.1, -0.05) is 49.7 Å². The van der Waals surface area contributed by atoms with Crippen LogP contribution < -0.4 is 4.74 Å². The number of hydrogen-bond acceptors (Lipinski definition) is 4. The van der Waals surface area contributed by atoms with Crippen LogP contribution in [0.3, 0.4) is 0 Å². The summed E-state index contributed by atoms with van der Waals surface area (Å²) < 4.78 is 5.50. The smallest absolute Gasteiger partial charge is 0.226 e. The summed E-state index contributed by atoms with van der Waals surface area (Å²) in [6.45, 7) is 8.78. The van der Waals surface area contributed by atoms with Crippen LogP contribution in [0.1, 0.15) is 50.7 Å². The third-order valence-electron chi connectivity index (χ3n) is 5.98. The molecule has 0 bridgehead atoms. The Morgan fingerprint density at radius 1 is 1.10 bits per heavy atom. The molecule has 5 heteroatoms. The summed E-state index contributed by atoms with van der Waals surface area (Å²) in [7, 11) is 0. The molecule has 2 aromatic carbocycles. The average molecular weight is 425 g/mol. The van der Waals surface area contributed by atoms with Crippen molar-refractivity contribution in [3.8, 4) is 11.5 Å². The van der Waals surface area contributed by atoms with E-state index in [0.29, 0.717) is 24.8 Å². The van der Waals surface area contributed by atoms with E-state index in [9.17, 15) is 9.90 Å². The topological polar surface area (TPSA) is 53.0 Å². The van der Waals surface area contributed by atoms with E-state index < -0.39 is 0 Å². The molecule has 0 unspecified atom stereocenters. The van der Waals surface area contributed by atoms with E-state index in [0.717, 1.165) is 57.4 Å². The molecule has 0 radical (unpaired) electrons. The van der Waals surface area contributed by atoms with E-state index in [4.69, 9.17) is 4.74 Å². The van der Waals surface area contributed by atoms with Crippen LogP contribution in [0.5, 0.6) is 11.5 Å². The summed E-state index contributed by atoms with van der Waals surface area (Å²) in [5.74, 6) is 1.13. The van der Waals surface area contributed by atoms with Gasteiger partial charge in [0.15, 0.2) is 11.5 Å². The molecule has 0 aromatic heterocycles. The Hall–Kier alpha value is -2.53. The molecule has 0 saturated carbocycles. The summed E-state index contributed by atoms with van der Waals surface area (Å²) in [6.07, 6.45) is 3.92. The van der Waals surface area contributed by atoms with Gasteiger partial charge in [-0.25, -0.2) is 0 Å². The maximum absolute atomic E-state index is 13.3. The number of unbranched alkanes of at least 4 members (excludes halogenated alkanes) is 1. The van der Waals surface area contributed by atoms with Crippen molar-refractivity contribution in [3.05, 3.63) is 59.7 Å². The highest BCUT2D eigenvalue weighted by molar-refractivity contribution is 5.79. The minimum atomic E-state index is 0.107. The van der Waals surface area contributed by atoms with Gasteiger partial charge in [0.2, 0.25) is 5.91 Å². The zero-order valence-electron chi connectivity index (χ0n) is 18.9. The second kappa shape index (κ2) is 11.8. The van der Waals surface area contributed by atoms with Crippen molar-refractivity contribution < 1.29 is 14.6 Å². The summed E-state index contributed by atoms with van der Waals surface area (Å²) >= 11 is 0. The van der Waals surface area contributed by atoms with Crippen molar-refractivity contribution in [1.29, 1.82) is 0 Å². The number of nitrogens with zero attached hydrogens (tertiary/aromatic N) is 2. The van der Waals surface area contributed by atoms with Crippen molar-refractivity contribution in [3.63, 3.8) is 0 Å². The second-order valence-corrected chi connectivity index (χ2v) is 8.38. The first-order valence-corrected chi connectivity index (χ1v) is 11.6. The highest BCUT2D eigenvalue weighted by atomic mass is 16.5. The molecule has 168 valence electrons. The number of carbonyl (C=O) groups excluding carboxylic acids is 1. The van der Waals surface area contributed by atoms with Gasteiger partial charge in [0.1, 0.15) is 0 Å². The lowest BCUT2D eigenvalue weighted by molar-refractivity contribution is -0.137. The van der Waals surface area contributed by atoms with Crippen molar-refractivity contribution in [2.45, 2.75) is 52.6 Å². The first-order valence-electron chi connectivity index (χ1n) is 11.6. The quantitative estimate of drug-likeness (QED) is 0.593. The van der Waals surface area contributed by atoms with Gasteiger partial charge in [-0.05, 0) is 62.5 Å². The molecule has 1 aliphatic rings. The summed E-state index contributed by atoms with van der Waals surface area (Å²) in [6, 6.07) is 15.9. The highest BCUT2D eigenvalue weighted by Gasteiger charge is 2.28. The molecule has 1 N–H and O–H groups in total. The molecule has 31 heavy (non-hydrogen) atoms. The Labute approximate surface area is 186 Å². The molecular formula is C26H36N2O3. The number of ether oxygens (including phenoxy) is 1. The van der Waals surface area contributed by atoms with Gasteiger partial charge in [0.05, 0.1) is 6.61 Å². The van der Waals surface area contributed by atoms with E-state index in [1.165, 1.54) is 5.56 Å². The van der Waals surface area contributed by atoms with Crippen molar-refractivity contribution in [2.75, 3.05) is 26.2 Å². The molecule has 3 rings (SSSR count). The normalized spacial score (nSPS) is 15.0. The fourth-order valence-electron chi connectivity index (χ4n) is 4.20. The number of carbonyl (C=O) groups is 1. The third kappa shape index (κ3) is 6.73. The van der Waals surface area contributed by atoms with E-state index in [2.05, 4.69) is 28.9 Å². The zero-order valence-corrected chi connectivity index (χ0v) is 18.9. The molecule has 1 amide bonds. The van der Waals surface area contributed by atoms with Gasteiger partial charge < -0.3 is 14.7 Å². The van der Waals surface area contributed by atoms with E-state index in [1.807, 2.05) is 37.3 Å². The van der Waals surface area contributed by atoms with Crippen LogP contribution in [-0.4, -0.2) is 47.1 Å². The molecule has 0 spiro atoms. The number of hydrogen-bond donors (Lipinski definition) is 1. The lowest BCUT2D eigenvalue weighted by Crippen LogP contribution is -2.42. The molecule has 5 nitrogen and oxygen atoms in total. The maximum atomic E-state index is 13.3. The molecule has 1 saturated heterocycles. The molecule has 1 heterocycles. The van der Waals surface area contributed by atoms with Crippen LogP contribution in [0.25, 0.3) is 0 Å². The van der Waals surface area contributed by atoms with Gasteiger partial charge >= 0.3 is 0 Å². The number of rotatable bonds is 10. The fourth-order valence-corrected chi connectivity index (χ4v) is 4.20. The van der Waals surface area contributed by atoms with Crippen molar-refractivity contribution >= 4 is 5.91 Å². The largest absolute Gasteiger partial charge is 0.504 e. The summed E-state index contributed by atoms with van der Waals surface area (Å²) in [5.41, 5.74) is 2.32. The molecule has 1 fully saturated rings. The summed E-state index contributed by atoms with van der Waals surface area (Å²) in [4.78, 5) is 17.7. The van der Waals surface area contributed by atoms with Crippen LogP contribution in [0.15, 0.2) is 48.5 Å². The molecule has 0 atom stereocenters. The monoisotopic (exact) mass is 424 g/mol. The van der Waals surface area contributed by atoms with E-state index in [-0.39, 0.29) is 11.7 Å². The van der Waals surface area contributed by atoms with Gasteiger partial charge in [-0.15, -0.1) is 0 Å². The zero-order chi connectivity index (χ0) is 22.1. The van der Waals surface area contributed by atoms with Gasteiger partial charge in [0.25, 0.3) is 0 Å². The van der Waals surface area contributed by atoms with Crippen molar-refractivity contribution in [1.82, 2.24) is 9.80 Å². The predicted octanol–water partition coefficient (Wildman–Crippen LogP) is 4.83. The number of benzene rings is 2. The third-order valence-corrected chi connectivity index (χ3v) is 5.98. The number of phenolic OH excluding ortho intramolecular Hbond substituents is 1. The number of amides is 1. The first kappa shape index (κ1) is 23.1. The highest BCUT2D eigenvalue weighted by Crippen LogP contribution is 2.28. The Morgan fingerprint density at radius 3 is 2.52 bits per heavy atom. The van der Waals surface area contributed by atoms with E-state index >= 15 is 0 Å². The van der Waals surface area contributed by atoms with Gasteiger partial charge in [-0.3, -0.25) is 9.69 Å².